The first-order valence-electron chi connectivity index (χ1n) is 3.24. The zero-order chi connectivity index (χ0) is 10.9. The lowest BCUT2D eigenvalue weighted by Crippen LogP contribution is -2.42. The van der Waals surface area contributed by atoms with Crippen molar-refractivity contribution in [1.29, 1.82) is 0 Å². The van der Waals surface area contributed by atoms with Crippen molar-refractivity contribution in [2.24, 2.45) is 0 Å². The van der Waals surface area contributed by atoms with Gasteiger partial charge in [0.1, 0.15) is 0 Å². The summed E-state index contributed by atoms with van der Waals surface area (Å²) in [5, 5.41) is -5.01. The van der Waals surface area contributed by atoms with Gasteiger partial charge in [-0.25, -0.2) is 17.6 Å². The monoisotopic (exact) mass is 242 g/mol. The van der Waals surface area contributed by atoms with E-state index in [1.165, 1.54) is 0 Å². The highest BCUT2D eigenvalue weighted by atomic mass is 35.5. The van der Waals surface area contributed by atoms with Gasteiger partial charge in [0.2, 0.25) is 10.1 Å². The first kappa shape index (κ1) is 13.3. The minimum absolute atomic E-state index is 0.766. The molecule has 0 saturated carbocycles. The van der Waals surface area contributed by atoms with Crippen LogP contribution in [0.25, 0.3) is 0 Å². The lowest BCUT2D eigenvalue weighted by atomic mass is 10.3. The van der Waals surface area contributed by atoms with Gasteiger partial charge in [-0.15, -0.1) is 0 Å². The number of hydrogen-bond acceptors (Lipinski definition) is 1. The van der Waals surface area contributed by atoms with E-state index in [0.717, 1.165) is 13.8 Å². The second kappa shape index (κ2) is 4.19. The van der Waals surface area contributed by atoms with E-state index < -0.39 is 23.0 Å². The number of ether oxygens (including phenoxy) is 1. The van der Waals surface area contributed by atoms with Crippen LogP contribution in [0.4, 0.5) is 17.6 Å². The van der Waals surface area contributed by atoms with Crippen molar-refractivity contribution in [2.45, 2.75) is 36.8 Å². The Balaban J connectivity index is 4.42. The number of alkyl halides is 6. The normalized spacial score (nSPS) is 21.7. The summed E-state index contributed by atoms with van der Waals surface area (Å²) in [5.74, 6) is 0. The summed E-state index contributed by atoms with van der Waals surface area (Å²) in [5.41, 5.74) is 0. The molecule has 0 aromatic rings. The predicted octanol–water partition coefficient (Wildman–Crippen LogP) is 3.44. The number of halogens is 6. The molecule has 2 atom stereocenters. The molecular weight excluding hydrogens is 235 g/mol. The Morgan fingerprint density at radius 2 is 1.15 bits per heavy atom. The van der Waals surface area contributed by atoms with Gasteiger partial charge in [-0.3, -0.25) is 0 Å². The Labute approximate surface area is 82.9 Å². The van der Waals surface area contributed by atoms with Crippen molar-refractivity contribution in [1.82, 2.24) is 0 Å². The first-order valence-corrected chi connectivity index (χ1v) is 3.99. The molecule has 7 heteroatoms. The molecule has 0 spiro atoms. The number of rotatable bonds is 4. The minimum atomic E-state index is -3.11. The maximum atomic E-state index is 12.0. The molecule has 0 N–H and O–H groups in total. The van der Waals surface area contributed by atoms with E-state index in [4.69, 9.17) is 23.2 Å². The zero-order valence-electron chi connectivity index (χ0n) is 6.83. The second-order valence-electron chi connectivity index (χ2n) is 2.68. The highest BCUT2D eigenvalue weighted by Crippen LogP contribution is 2.35. The van der Waals surface area contributed by atoms with Crippen LogP contribution in [0, 0.1) is 0 Å². The van der Waals surface area contributed by atoms with Crippen molar-refractivity contribution >= 4 is 23.2 Å². The maximum absolute atomic E-state index is 12.0. The van der Waals surface area contributed by atoms with Crippen LogP contribution in [0.3, 0.4) is 0 Å². The third-order valence-electron chi connectivity index (χ3n) is 1.18. The van der Waals surface area contributed by atoms with Crippen LogP contribution in [-0.4, -0.2) is 23.0 Å². The van der Waals surface area contributed by atoms with Crippen LogP contribution in [0.15, 0.2) is 0 Å². The summed E-state index contributed by atoms with van der Waals surface area (Å²) in [6.45, 7) is 1.53. The van der Waals surface area contributed by atoms with Crippen LogP contribution in [0.1, 0.15) is 13.8 Å². The molecule has 0 rings (SSSR count). The van der Waals surface area contributed by atoms with E-state index in [-0.39, 0.29) is 0 Å². The van der Waals surface area contributed by atoms with Gasteiger partial charge in [0.25, 0.3) is 12.9 Å². The molecule has 0 heterocycles. The quantitative estimate of drug-likeness (QED) is 0.542. The van der Waals surface area contributed by atoms with E-state index in [1.54, 1.807) is 0 Å². The van der Waals surface area contributed by atoms with Crippen LogP contribution in [0.5, 0.6) is 0 Å². The molecule has 0 aliphatic rings. The largest absolute Gasteiger partial charge is 0.327 e. The van der Waals surface area contributed by atoms with Crippen LogP contribution in [-0.2, 0) is 4.74 Å². The lowest BCUT2D eigenvalue weighted by molar-refractivity contribution is -0.164. The summed E-state index contributed by atoms with van der Waals surface area (Å²) >= 11 is 10.2. The summed E-state index contributed by atoms with van der Waals surface area (Å²) < 4.78 is 52.4. The van der Waals surface area contributed by atoms with Gasteiger partial charge in [0.05, 0.1) is 0 Å². The molecule has 80 valence electrons. The van der Waals surface area contributed by atoms with Crippen molar-refractivity contribution in [3.63, 3.8) is 0 Å². The average molecular weight is 243 g/mol. The minimum Gasteiger partial charge on any atom is -0.327 e. The summed E-state index contributed by atoms with van der Waals surface area (Å²) in [6.07, 6.45) is -6.21. The Kier molecular flexibility index (Phi) is 4.27. The third kappa shape index (κ3) is 3.87. The first-order chi connectivity index (χ1) is 5.59. The average Bonchev–Trinajstić information content (AvgIpc) is 1.83. The van der Waals surface area contributed by atoms with Crippen molar-refractivity contribution in [3.05, 3.63) is 0 Å². The Hall–Kier alpha value is 0.260. The molecule has 0 aromatic heterocycles. The van der Waals surface area contributed by atoms with Crippen molar-refractivity contribution < 1.29 is 22.3 Å². The van der Waals surface area contributed by atoms with Crippen LogP contribution < -0.4 is 0 Å². The molecule has 0 saturated heterocycles. The fourth-order valence-corrected chi connectivity index (χ4v) is 0.839. The highest BCUT2D eigenvalue weighted by molar-refractivity contribution is 6.25. The molecule has 13 heavy (non-hydrogen) atoms. The molecule has 0 radical (unpaired) electrons. The number of hydrogen-bond donors (Lipinski definition) is 0. The van der Waals surface area contributed by atoms with Gasteiger partial charge in [0.15, 0.2) is 0 Å². The van der Waals surface area contributed by atoms with Gasteiger partial charge < -0.3 is 4.74 Å². The molecule has 1 nitrogen and oxygen atoms in total. The third-order valence-corrected chi connectivity index (χ3v) is 1.66. The Morgan fingerprint density at radius 1 is 0.923 bits per heavy atom. The molecular formula is C6H8Cl2F4O. The second-order valence-corrected chi connectivity index (χ2v) is 4.18. The summed E-state index contributed by atoms with van der Waals surface area (Å²) in [7, 11) is 0. The molecule has 0 amide bonds. The van der Waals surface area contributed by atoms with Gasteiger partial charge in [-0.05, 0) is 13.8 Å². The lowest BCUT2D eigenvalue weighted by Gasteiger charge is -2.31. The fourth-order valence-electron chi connectivity index (χ4n) is 0.479. The predicted molar refractivity (Wildman–Crippen MR) is 41.6 cm³/mol. The van der Waals surface area contributed by atoms with E-state index in [1.807, 2.05) is 0 Å². The molecule has 0 bridgehead atoms. The summed E-state index contributed by atoms with van der Waals surface area (Å²) in [4.78, 5) is 0. The molecule has 2 unspecified atom stereocenters. The molecule has 0 aromatic carbocycles. The SMILES string of the molecule is CC(Cl)(OC(C)(Cl)C(F)F)C(F)F. The van der Waals surface area contributed by atoms with E-state index in [0.29, 0.717) is 0 Å². The van der Waals surface area contributed by atoms with Crippen molar-refractivity contribution in [3.8, 4) is 0 Å². The van der Waals surface area contributed by atoms with Gasteiger partial charge in [-0.2, -0.15) is 0 Å². The standard InChI is InChI=1S/C6H8Cl2F4O/c1-5(7,3(9)10)13-6(2,8)4(11)12/h3-4H,1-2H3. The van der Waals surface area contributed by atoms with Gasteiger partial charge in [0, 0.05) is 0 Å². The topological polar surface area (TPSA) is 9.23 Å². The highest BCUT2D eigenvalue weighted by Gasteiger charge is 2.45. The fraction of sp³-hybridized carbons (Fsp3) is 1.00. The Morgan fingerprint density at radius 3 is 1.31 bits per heavy atom. The van der Waals surface area contributed by atoms with Crippen LogP contribution in [0.2, 0.25) is 0 Å². The maximum Gasteiger partial charge on any atom is 0.280 e. The van der Waals surface area contributed by atoms with E-state index in [2.05, 4.69) is 4.74 Å². The van der Waals surface area contributed by atoms with Gasteiger partial charge >= 0.3 is 0 Å². The molecule has 0 fully saturated rings. The van der Waals surface area contributed by atoms with Gasteiger partial charge in [-0.1, -0.05) is 23.2 Å². The molecule has 0 aliphatic carbocycles. The van der Waals surface area contributed by atoms with Crippen molar-refractivity contribution in [2.75, 3.05) is 0 Å². The van der Waals surface area contributed by atoms with E-state index in [9.17, 15) is 17.6 Å². The smallest absolute Gasteiger partial charge is 0.280 e. The zero-order valence-corrected chi connectivity index (χ0v) is 8.34. The molecule has 0 aliphatic heterocycles. The van der Waals surface area contributed by atoms with E-state index >= 15 is 0 Å². The Bertz CT molecular complexity index is 154. The summed E-state index contributed by atoms with van der Waals surface area (Å²) in [6, 6.07) is 0. The van der Waals surface area contributed by atoms with Crippen LogP contribution >= 0.6 is 23.2 Å².